The fourth-order valence-electron chi connectivity index (χ4n) is 1.89. The van der Waals surface area contributed by atoms with E-state index in [0.717, 1.165) is 13.1 Å². The molecule has 1 aliphatic rings. The molecule has 1 aromatic heterocycles. The minimum atomic E-state index is 0. The molecule has 1 unspecified atom stereocenters. The maximum absolute atomic E-state index is 11.6. The van der Waals surface area contributed by atoms with E-state index in [4.69, 9.17) is 0 Å². The number of carbonyl (C=O) groups is 1. The van der Waals surface area contributed by atoms with Crippen LogP contribution in [-0.4, -0.2) is 36.4 Å². The number of rotatable bonds is 5. The zero-order valence-corrected chi connectivity index (χ0v) is 11.3. The minimum absolute atomic E-state index is 0. The van der Waals surface area contributed by atoms with Gasteiger partial charge in [0.05, 0.1) is 6.54 Å². The SMILES string of the molecule is Cl.O=C(CNCC1CCCCN1)c1nccs1. The van der Waals surface area contributed by atoms with Crippen LogP contribution < -0.4 is 10.6 Å². The predicted molar refractivity (Wildman–Crippen MR) is 72.2 cm³/mol. The Balaban J connectivity index is 0.00000144. The Morgan fingerprint density at radius 2 is 2.47 bits per heavy atom. The number of piperidine rings is 1. The molecule has 1 atom stereocenters. The maximum Gasteiger partial charge on any atom is 0.205 e. The van der Waals surface area contributed by atoms with Gasteiger partial charge in [-0.3, -0.25) is 4.79 Å². The lowest BCUT2D eigenvalue weighted by Crippen LogP contribution is -2.42. The Hall–Kier alpha value is -0.490. The summed E-state index contributed by atoms with van der Waals surface area (Å²) in [6.07, 6.45) is 5.44. The molecule has 1 aromatic rings. The number of nitrogens with zero attached hydrogens (tertiary/aromatic N) is 1. The lowest BCUT2D eigenvalue weighted by atomic mass is 10.1. The van der Waals surface area contributed by atoms with E-state index in [2.05, 4.69) is 15.6 Å². The largest absolute Gasteiger partial charge is 0.313 e. The molecule has 0 radical (unpaired) electrons. The Morgan fingerprint density at radius 3 is 3.12 bits per heavy atom. The minimum Gasteiger partial charge on any atom is -0.313 e. The van der Waals surface area contributed by atoms with E-state index in [9.17, 15) is 4.79 Å². The Labute approximate surface area is 112 Å². The van der Waals surface area contributed by atoms with Gasteiger partial charge >= 0.3 is 0 Å². The summed E-state index contributed by atoms with van der Waals surface area (Å²) in [5.74, 6) is 0.0887. The second-order valence-corrected chi connectivity index (χ2v) is 4.93. The number of aromatic nitrogens is 1. The van der Waals surface area contributed by atoms with Crippen molar-refractivity contribution >= 4 is 29.5 Å². The third-order valence-electron chi connectivity index (χ3n) is 2.76. The summed E-state index contributed by atoms with van der Waals surface area (Å²) >= 11 is 1.40. The van der Waals surface area contributed by atoms with Crippen molar-refractivity contribution < 1.29 is 4.79 Å². The summed E-state index contributed by atoms with van der Waals surface area (Å²) < 4.78 is 0. The summed E-state index contributed by atoms with van der Waals surface area (Å²) in [5, 5.41) is 9.07. The second-order valence-electron chi connectivity index (χ2n) is 4.04. The zero-order chi connectivity index (χ0) is 11.2. The number of nitrogens with one attached hydrogen (secondary N) is 2. The van der Waals surface area contributed by atoms with Crippen LogP contribution in [0.2, 0.25) is 0 Å². The molecule has 2 rings (SSSR count). The van der Waals surface area contributed by atoms with Crippen molar-refractivity contribution in [1.29, 1.82) is 0 Å². The highest BCUT2D eigenvalue weighted by molar-refractivity contribution is 7.11. The summed E-state index contributed by atoms with van der Waals surface area (Å²) in [7, 11) is 0. The molecule has 96 valence electrons. The number of Topliss-reactive ketones (excluding diaryl/α,β-unsaturated/α-hetero) is 1. The average Bonchev–Trinajstić information content (AvgIpc) is 2.84. The van der Waals surface area contributed by atoms with E-state index in [0.29, 0.717) is 17.6 Å². The van der Waals surface area contributed by atoms with Gasteiger partial charge in [-0.25, -0.2) is 4.98 Å². The highest BCUT2D eigenvalue weighted by Gasteiger charge is 2.13. The third-order valence-corrected chi connectivity index (χ3v) is 3.57. The van der Waals surface area contributed by atoms with Crippen molar-refractivity contribution in [2.45, 2.75) is 25.3 Å². The topological polar surface area (TPSA) is 54.0 Å². The second kappa shape index (κ2) is 7.76. The molecular formula is C11H18ClN3OS. The lowest BCUT2D eigenvalue weighted by Gasteiger charge is -2.23. The molecule has 17 heavy (non-hydrogen) atoms. The lowest BCUT2D eigenvalue weighted by molar-refractivity contribution is 0.0989. The van der Waals surface area contributed by atoms with Crippen LogP contribution in [0, 0.1) is 0 Å². The van der Waals surface area contributed by atoms with Gasteiger partial charge in [-0.05, 0) is 19.4 Å². The van der Waals surface area contributed by atoms with Crippen LogP contribution in [0.4, 0.5) is 0 Å². The van der Waals surface area contributed by atoms with Gasteiger partial charge in [0.1, 0.15) is 0 Å². The highest BCUT2D eigenvalue weighted by Crippen LogP contribution is 2.06. The maximum atomic E-state index is 11.6. The van der Waals surface area contributed by atoms with Gasteiger partial charge in [-0.15, -0.1) is 23.7 Å². The number of ketones is 1. The molecule has 0 saturated carbocycles. The summed E-state index contributed by atoms with van der Waals surface area (Å²) in [6, 6.07) is 0.526. The number of halogens is 1. The van der Waals surface area contributed by atoms with E-state index < -0.39 is 0 Å². The van der Waals surface area contributed by atoms with Crippen molar-refractivity contribution in [2.75, 3.05) is 19.6 Å². The van der Waals surface area contributed by atoms with Gasteiger partial charge in [0.2, 0.25) is 5.78 Å². The zero-order valence-electron chi connectivity index (χ0n) is 9.65. The Bertz CT molecular complexity index is 325. The Morgan fingerprint density at radius 1 is 1.59 bits per heavy atom. The summed E-state index contributed by atoms with van der Waals surface area (Å²) in [5.41, 5.74) is 0. The van der Waals surface area contributed by atoms with Crippen LogP contribution in [0.5, 0.6) is 0 Å². The molecule has 1 fully saturated rings. The normalized spacial score (nSPS) is 19.6. The van der Waals surface area contributed by atoms with Gasteiger partial charge in [0, 0.05) is 24.2 Å². The highest BCUT2D eigenvalue weighted by atomic mass is 35.5. The van der Waals surface area contributed by atoms with Crippen LogP contribution in [0.1, 0.15) is 29.1 Å². The van der Waals surface area contributed by atoms with Crippen molar-refractivity contribution in [1.82, 2.24) is 15.6 Å². The molecule has 4 nitrogen and oxygen atoms in total. The molecule has 2 heterocycles. The van der Waals surface area contributed by atoms with Gasteiger partial charge in [0.25, 0.3) is 0 Å². The molecule has 1 saturated heterocycles. The van der Waals surface area contributed by atoms with Crippen LogP contribution in [-0.2, 0) is 0 Å². The standard InChI is InChI=1S/C11H17N3OS.ClH/c15-10(11-14-5-6-16-11)8-12-7-9-3-1-2-4-13-9;/h5-6,9,12-13H,1-4,7-8H2;1H. The van der Waals surface area contributed by atoms with Gasteiger partial charge < -0.3 is 10.6 Å². The molecule has 0 spiro atoms. The van der Waals surface area contributed by atoms with Crippen molar-refractivity contribution in [3.8, 4) is 0 Å². The smallest absolute Gasteiger partial charge is 0.205 e. The number of carbonyl (C=O) groups excluding carboxylic acids is 1. The molecule has 0 aromatic carbocycles. The summed E-state index contributed by atoms with van der Waals surface area (Å²) in [6.45, 7) is 2.37. The van der Waals surface area contributed by atoms with Crippen LogP contribution in [0.15, 0.2) is 11.6 Å². The first kappa shape index (κ1) is 14.6. The van der Waals surface area contributed by atoms with Crippen molar-refractivity contribution in [2.24, 2.45) is 0 Å². The first-order valence-electron chi connectivity index (χ1n) is 5.73. The predicted octanol–water partition coefficient (Wildman–Crippen LogP) is 1.48. The summed E-state index contributed by atoms with van der Waals surface area (Å²) in [4.78, 5) is 15.6. The number of thiazole rings is 1. The fraction of sp³-hybridized carbons (Fsp3) is 0.636. The van der Waals surface area contributed by atoms with E-state index in [1.54, 1.807) is 6.20 Å². The molecule has 2 N–H and O–H groups in total. The molecule has 0 bridgehead atoms. The monoisotopic (exact) mass is 275 g/mol. The van der Waals surface area contributed by atoms with E-state index in [1.165, 1.54) is 30.6 Å². The first-order chi connectivity index (χ1) is 7.86. The first-order valence-corrected chi connectivity index (χ1v) is 6.61. The third kappa shape index (κ3) is 4.71. The van der Waals surface area contributed by atoms with Gasteiger partial charge in [0.15, 0.2) is 5.01 Å². The van der Waals surface area contributed by atoms with E-state index in [1.807, 2.05) is 5.38 Å². The van der Waals surface area contributed by atoms with Crippen LogP contribution in [0.3, 0.4) is 0 Å². The average molecular weight is 276 g/mol. The molecular weight excluding hydrogens is 258 g/mol. The van der Waals surface area contributed by atoms with E-state index >= 15 is 0 Å². The van der Waals surface area contributed by atoms with Crippen LogP contribution in [0.25, 0.3) is 0 Å². The van der Waals surface area contributed by atoms with E-state index in [-0.39, 0.29) is 18.2 Å². The number of hydrogen-bond acceptors (Lipinski definition) is 5. The van der Waals surface area contributed by atoms with Crippen molar-refractivity contribution in [3.05, 3.63) is 16.6 Å². The van der Waals surface area contributed by atoms with Crippen LogP contribution >= 0.6 is 23.7 Å². The number of hydrogen-bond donors (Lipinski definition) is 2. The van der Waals surface area contributed by atoms with Gasteiger partial charge in [-0.2, -0.15) is 0 Å². The molecule has 1 aliphatic heterocycles. The quantitative estimate of drug-likeness (QED) is 0.800. The molecule has 0 amide bonds. The molecule has 6 heteroatoms. The van der Waals surface area contributed by atoms with Crippen molar-refractivity contribution in [3.63, 3.8) is 0 Å². The molecule has 0 aliphatic carbocycles. The van der Waals surface area contributed by atoms with Gasteiger partial charge in [-0.1, -0.05) is 6.42 Å². The Kier molecular flexibility index (Phi) is 6.65. The fourth-order valence-corrected chi connectivity index (χ4v) is 2.47.